The van der Waals surface area contributed by atoms with Crippen LogP contribution in [0.25, 0.3) is 0 Å². The van der Waals surface area contributed by atoms with Crippen molar-refractivity contribution in [2.24, 2.45) is 0 Å². The highest BCUT2D eigenvalue weighted by atomic mass is 16.5. The standard InChI is InChI=1S/C14H23NO2/c1-3-5-9-16-12-7-8-13(15)14(11-12)17-10-6-4-2/h7-8,11H,3-6,9-10,15H2,1-2H3. The van der Waals surface area contributed by atoms with E-state index >= 15 is 0 Å². The number of hydrogen-bond acceptors (Lipinski definition) is 3. The van der Waals surface area contributed by atoms with Crippen LogP contribution in [-0.4, -0.2) is 13.2 Å². The molecule has 3 nitrogen and oxygen atoms in total. The van der Waals surface area contributed by atoms with Gasteiger partial charge in [0, 0.05) is 6.07 Å². The summed E-state index contributed by atoms with van der Waals surface area (Å²) in [6, 6.07) is 5.60. The average molecular weight is 237 g/mol. The van der Waals surface area contributed by atoms with Crippen molar-refractivity contribution in [2.75, 3.05) is 18.9 Å². The van der Waals surface area contributed by atoms with Crippen LogP contribution in [0.15, 0.2) is 18.2 Å². The number of rotatable bonds is 8. The fourth-order valence-corrected chi connectivity index (χ4v) is 1.39. The molecular weight excluding hydrogens is 214 g/mol. The number of anilines is 1. The van der Waals surface area contributed by atoms with Gasteiger partial charge in [-0.15, -0.1) is 0 Å². The first-order valence-corrected chi connectivity index (χ1v) is 6.43. The van der Waals surface area contributed by atoms with Crippen molar-refractivity contribution in [1.82, 2.24) is 0 Å². The smallest absolute Gasteiger partial charge is 0.145 e. The molecule has 0 heterocycles. The Labute approximate surface area is 104 Å². The maximum Gasteiger partial charge on any atom is 0.145 e. The van der Waals surface area contributed by atoms with Gasteiger partial charge in [-0.05, 0) is 25.0 Å². The molecule has 0 aromatic heterocycles. The molecule has 0 spiro atoms. The van der Waals surface area contributed by atoms with E-state index in [-0.39, 0.29) is 0 Å². The molecule has 1 aromatic rings. The zero-order chi connectivity index (χ0) is 12.5. The first-order chi connectivity index (χ1) is 8.27. The number of unbranched alkanes of at least 4 members (excludes halogenated alkanes) is 2. The Morgan fingerprint density at radius 2 is 1.65 bits per heavy atom. The number of nitrogen functional groups attached to an aromatic ring is 1. The summed E-state index contributed by atoms with van der Waals surface area (Å²) in [5, 5.41) is 0. The van der Waals surface area contributed by atoms with Gasteiger partial charge in [-0.1, -0.05) is 26.7 Å². The predicted molar refractivity (Wildman–Crippen MR) is 71.7 cm³/mol. The summed E-state index contributed by atoms with van der Waals surface area (Å²) >= 11 is 0. The van der Waals surface area contributed by atoms with Gasteiger partial charge in [0.25, 0.3) is 0 Å². The van der Waals surface area contributed by atoms with Gasteiger partial charge < -0.3 is 15.2 Å². The summed E-state index contributed by atoms with van der Waals surface area (Å²) in [6.07, 6.45) is 4.36. The highest BCUT2D eigenvalue weighted by Gasteiger charge is 2.03. The van der Waals surface area contributed by atoms with Crippen LogP contribution < -0.4 is 15.2 Å². The molecule has 0 radical (unpaired) electrons. The Morgan fingerprint density at radius 3 is 2.29 bits per heavy atom. The maximum atomic E-state index is 5.85. The van der Waals surface area contributed by atoms with Gasteiger partial charge in [0.2, 0.25) is 0 Å². The fourth-order valence-electron chi connectivity index (χ4n) is 1.39. The second kappa shape index (κ2) is 7.82. The van der Waals surface area contributed by atoms with Gasteiger partial charge in [0.05, 0.1) is 18.9 Å². The minimum Gasteiger partial charge on any atom is -0.493 e. The molecule has 0 aliphatic heterocycles. The topological polar surface area (TPSA) is 44.5 Å². The largest absolute Gasteiger partial charge is 0.493 e. The third-order valence-electron chi connectivity index (χ3n) is 2.51. The van der Waals surface area contributed by atoms with Gasteiger partial charge in [0.15, 0.2) is 0 Å². The van der Waals surface area contributed by atoms with Crippen LogP contribution in [0.4, 0.5) is 5.69 Å². The van der Waals surface area contributed by atoms with E-state index in [1.54, 1.807) is 0 Å². The lowest BCUT2D eigenvalue weighted by Crippen LogP contribution is -2.01. The van der Waals surface area contributed by atoms with E-state index < -0.39 is 0 Å². The van der Waals surface area contributed by atoms with Crippen LogP contribution in [0.3, 0.4) is 0 Å². The van der Waals surface area contributed by atoms with Gasteiger partial charge in [-0.3, -0.25) is 0 Å². The number of nitrogens with two attached hydrogens (primary N) is 1. The summed E-state index contributed by atoms with van der Waals surface area (Å²) in [5.74, 6) is 1.56. The van der Waals surface area contributed by atoms with Crippen molar-refractivity contribution in [1.29, 1.82) is 0 Å². The summed E-state index contributed by atoms with van der Waals surface area (Å²) in [4.78, 5) is 0. The molecule has 0 bridgehead atoms. The molecule has 17 heavy (non-hydrogen) atoms. The molecular formula is C14H23NO2. The second-order valence-electron chi connectivity index (χ2n) is 4.10. The third-order valence-corrected chi connectivity index (χ3v) is 2.51. The third kappa shape index (κ3) is 4.98. The lowest BCUT2D eigenvalue weighted by atomic mass is 10.2. The molecule has 0 aliphatic rings. The Hall–Kier alpha value is -1.38. The minimum absolute atomic E-state index is 0.670. The highest BCUT2D eigenvalue weighted by Crippen LogP contribution is 2.27. The van der Waals surface area contributed by atoms with E-state index in [2.05, 4.69) is 13.8 Å². The van der Waals surface area contributed by atoms with Crippen LogP contribution in [0, 0.1) is 0 Å². The zero-order valence-electron chi connectivity index (χ0n) is 10.9. The summed E-state index contributed by atoms with van der Waals surface area (Å²) in [7, 11) is 0. The van der Waals surface area contributed by atoms with Crippen molar-refractivity contribution in [3.63, 3.8) is 0 Å². The Morgan fingerprint density at radius 1 is 1.00 bits per heavy atom. The van der Waals surface area contributed by atoms with E-state index in [4.69, 9.17) is 15.2 Å². The monoisotopic (exact) mass is 237 g/mol. The lowest BCUT2D eigenvalue weighted by molar-refractivity contribution is 0.295. The molecule has 0 saturated heterocycles. The van der Waals surface area contributed by atoms with Gasteiger partial charge in [-0.2, -0.15) is 0 Å². The van der Waals surface area contributed by atoms with Gasteiger partial charge in [0.1, 0.15) is 11.5 Å². The molecule has 0 amide bonds. The number of ether oxygens (including phenoxy) is 2. The molecule has 0 aliphatic carbocycles. The maximum absolute atomic E-state index is 5.85. The van der Waals surface area contributed by atoms with Crippen molar-refractivity contribution >= 4 is 5.69 Å². The second-order valence-corrected chi connectivity index (χ2v) is 4.10. The molecule has 0 atom stereocenters. The van der Waals surface area contributed by atoms with Crippen LogP contribution in [0.1, 0.15) is 39.5 Å². The molecule has 1 rings (SSSR count). The molecule has 0 unspecified atom stereocenters. The molecule has 0 saturated carbocycles. The van der Waals surface area contributed by atoms with Gasteiger partial charge >= 0.3 is 0 Å². The molecule has 3 heteroatoms. The van der Waals surface area contributed by atoms with E-state index in [1.165, 1.54) is 0 Å². The number of benzene rings is 1. The summed E-state index contributed by atoms with van der Waals surface area (Å²) in [5.41, 5.74) is 6.52. The van der Waals surface area contributed by atoms with Crippen molar-refractivity contribution in [3.05, 3.63) is 18.2 Å². The lowest BCUT2D eigenvalue weighted by Gasteiger charge is -2.11. The molecule has 0 fully saturated rings. The zero-order valence-corrected chi connectivity index (χ0v) is 10.9. The normalized spacial score (nSPS) is 10.2. The number of hydrogen-bond donors (Lipinski definition) is 1. The Balaban J connectivity index is 2.53. The molecule has 1 aromatic carbocycles. The SMILES string of the molecule is CCCCOc1ccc(N)c(OCCCC)c1. The molecule has 96 valence electrons. The van der Waals surface area contributed by atoms with Crippen molar-refractivity contribution in [3.8, 4) is 11.5 Å². The van der Waals surface area contributed by atoms with E-state index in [1.807, 2.05) is 18.2 Å². The molecule has 2 N–H and O–H groups in total. The quantitative estimate of drug-likeness (QED) is 0.554. The Bertz CT molecular complexity index is 326. The minimum atomic E-state index is 0.670. The fraction of sp³-hybridized carbons (Fsp3) is 0.571. The van der Waals surface area contributed by atoms with Crippen LogP contribution in [0.5, 0.6) is 11.5 Å². The van der Waals surface area contributed by atoms with Gasteiger partial charge in [-0.25, -0.2) is 0 Å². The van der Waals surface area contributed by atoms with Crippen LogP contribution in [-0.2, 0) is 0 Å². The Kier molecular flexibility index (Phi) is 6.30. The van der Waals surface area contributed by atoms with E-state index in [9.17, 15) is 0 Å². The first-order valence-electron chi connectivity index (χ1n) is 6.43. The van der Waals surface area contributed by atoms with E-state index in [0.717, 1.165) is 43.8 Å². The van der Waals surface area contributed by atoms with Crippen molar-refractivity contribution in [2.45, 2.75) is 39.5 Å². The highest BCUT2D eigenvalue weighted by molar-refractivity contribution is 5.55. The van der Waals surface area contributed by atoms with Crippen LogP contribution in [0.2, 0.25) is 0 Å². The van der Waals surface area contributed by atoms with Crippen molar-refractivity contribution < 1.29 is 9.47 Å². The average Bonchev–Trinajstić information content (AvgIpc) is 2.33. The summed E-state index contributed by atoms with van der Waals surface area (Å²) in [6.45, 7) is 5.73. The van der Waals surface area contributed by atoms with Crippen LogP contribution >= 0.6 is 0 Å². The predicted octanol–water partition coefficient (Wildman–Crippen LogP) is 3.63. The summed E-state index contributed by atoms with van der Waals surface area (Å²) < 4.78 is 11.2. The first kappa shape index (κ1) is 13.7. The van der Waals surface area contributed by atoms with E-state index in [0.29, 0.717) is 12.3 Å².